The molecule has 0 radical (unpaired) electrons. The van der Waals surface area contributed by atoms with Crippen LogP contribution in [0.15, 0.2) is 78.2 Å². The number of carbonyl (C=O) groups excluding carboxylic acids is 2. The van der Waals surface area contributed by atoms with Crippen molar-refractivity contribution in [2.75, 3.05) is 27.9 Å². The standard InChI is InChI=1S/C32H27FN2O6S/c1-38-21-10-7-19(8-11-21)17-41-28-14-12-25(35-30(28)23-18-42-31-22(23)5-4-6-24(31)33)26(36)16-34-32(37)20-9-13-27(39-2)29(15-20)40-3/h4-15,18H,16-17H2,1-3H3,(H,34,37). The Morgan fingerprint density at radius 2 is 1.64 bits per heavy atom. The third-order valence-electron chi connectivity index (χ3n) is 6.56. The molecule has 0 fully saturated rings. The van der Waals surface area contributed by atoms with Crippen LogP contribution in [0.25, 0.3) is 21.3 Å². The number of ether oxygens (including phenoxy) is 4. The molecule has 214 valence electrons. The number of methoxy groups -OCH3 is 3. The van der Waals surface area contributed by atoms with Crippen molar-refractivity contribution in [1.29, 1.82) is 0 Å². The van der Waals surface area contributed by atoms with Gasteiger partial charge < -0.3 is 24.3 Å². The third-order valence-corrected chi connectivity index (χ3v) is 7.56. The van der Waals surface area contributed by atoms with Gasteiger partial charge in [-0.3, -0.25) is 9.59 Å². The summed E-state index contributed by atoms with van der Waals surface area (Å²) in [5.74, 6) is 0.842. The Bertz CT molecular complexity index is 1750. The summed E-state index contributed by atoms with van der Waals surface area (Å²) in [6, 6.07) is 20.2. The number of benzene rings is 3. The van der Waals surface area contributed by atoms with E-state index in [1.165, 1.54) is 37.7 Å². The third kappa shape index (κ3) is 6.03. The molecule has 0 saturated heterocycles. The Morgan fingerprint density at radius 1 is 0.881 bits per heavy atom. The minimum atomic E-state index is -0.455. The molecule has 0 bridgehead atoms. The van der Waals surface area contributed by atoms with Crippen molar-refractivity contribution in [3.05, 3.63) is 101 Å². The van der Waals surface area contributed by atoms with E-state index in [4.69, 9.17) is 18.9 Å². The van der Waals surface area contributed by atoms with Gasteiger partial charge in [-0.05, 0) is 54.1 Å². The van der Waals surface area contributed by atoms with E-state index in [2.05, 4.69) is 10.3 Å². The molecule has 10 heteroatoms. The Kier molecular flexibility index (Phi) is 8.63. The van der Waals surface area contributed by atoms with Crippen molar-refractivity contribution in [2.45, 2.75) is 6.61 Å². The number of Topliss-reactive ketones (excluding diaryl/α,β-unsaturated/α-hetero) is 1. The molecule has 0 aliphatic heterocycles. The smallest absolute Gasteiger partial charge is 0.251 e. The first kappa shape index (κ1) is 28.6. The fraction of sp³-hybridized carbons (Fsp3) is 0.156. The van der Waals surface area contributed by atoms with E-state index in [0.717, 1.165) is 11.3 Å². The zero-order chi connectivity index (χ0) is 29.6. The minimum Gasteiger partial charge on any atom is -0.497 e. The highest BCUT2D eigenvalue weighted by Gasteiger charge is 2.19. The van der Waals surface area contributed by atoms with Crippen LogP contribution in [0.5, 0.6) is 23.0 Å². The maximum absolute atomic E-state index is 14.5. The number of fused-ring (bicyclic) bond motifs is 1. The number of nitrogens with zero attached hydrogens (tertiary/aromatic N) is 1. The molecule has 8 nitrogen and oxygen atoms in total. The van der Waals surface area contributed by atoms with Crippen molar-refractivity contribution in [2.24, 2.45) is 0 Å². The summed E-state index contributed by atoms with van der Waals surface area (Å²) in [4.78, 5) is 30.6. The van der Waals surface area contributed by atoms with Gasteiger partial charge >= 0.3 is 0 Å². The number of amides is 1. The average Bonchev–Trinajstić information content (AvgIpc) is 3.47. The predicted octanol–water partition coefficient (Wildman–Crippen LogP) is 6.32. The van der Waals surface area contributed by atoms with Crippen LogP contribution in [0, 0.1) is 5.82 Å². The Hall–Kier alpha value is -4.96. The number of ketones is 1. The fourth-order valence-electron chi connectivity index (χ4n) is 4.33. The van der Waals surface area contributed by atoms with Crippen LogP contribution in [0.3, 0.4) is 0 Å². The van der Waals surface area contributed by atoms with Gasteiger partial charge in [0.2, 0.25) is 0 Å². The van der Waals surface area contributed by atoms with E-state index >= 15 is 0 Å². The normalized spacial score (nSPS) is 10.8. The summed E-state index contributed by atoms with van der Waals surface area (Å²) in [6.07, 6.45) is 0. The average molecular weight is 587 g/mol. The van der Waals surface area contributed by atoms with Crippen LogP contribution in [-0.4, -0.2) is 44.5 Å². The van der Waals surface area contributed by atoms with Gasteiger partial charge in [0, 0.05) is 21.9 Å². The summed E-state index contributed by atoms with van der Waals surface area (Å²) in [5, 5.41) is 5.09. The number of nitrogens with one attached hydrogen (secondary N) is 1. The number of carbonyl (C=O) groups is 2. The Labute approximate surface area is 245 Å². The quantitative estimate of drug-likeness (QED) is 0.181. The maximum Gasteiger partial charge on any atom is 0.251 e. The molecule has 2 aromatic heterocycles. The van der Waals surface area contributed by atoms with Crippen molar-refractivity contribution < 1.29 is 32.9 Å². The monoisotopic (exact) mass is 586 g/mol. The Morgan fingerprint density at radius 3 is 2.38 bits per heavy atom. The molecule has 5 aromatic rings. The molecule has 0 saturated carbocycles. The second-order valence-corrected chi connectivity index (χ2v) is 10.0. The highest BCUT2D eigenvalue weighted by atomic mass is 32.1. The minimum absolute atomic E-state index is 0.130. The molecular weight excluding hydrogens is 559 g/mol. The van der Waals surface area contributed by atoms with Crippen LogP contribution in [0.2, 0.25) is 0 Å². The summed E-state index contributed by atoms with van der Waals surface area (Å²) >= 11 is 1.25. The summed E-state index contributed by atoms with van der Waals surface area (Å²) in [6.45, 7) is -0.0472. The molecule has 5 rings (SSSR count). The first-order valence-corrected chi connectivity index (χ1v) is 13.8. The van der Waals surface area contributed by atoms with Crippen molar-refractivity contribution in [3.63, 3.8) is 0 Å². The van der Waals surface area contributed by atoms with Gasteiger partial charge in [-0.25, -0.2) is 9.37 Å². The van der Waals surface area contributed by atoms with E-state index < -0.39 is 11.7 Å². The van der Waals surface area contributed by atoms with E-state index in [-0.39, 0.29) is 24.7 Å². The number of hydrogen-bond acceptors (Lipinski definition) is 8. The van der Waals surface area contributed by atoms with Gasteiger partial charge in [-0.1, -0.05) is 24.3 Å². The molecule has 0 aliphatic carbocycles. The highest BCUT2D eigenvalue weighted by Crippen LogP contribution is 2.39. The first-order valence-electron chi connectivity index (χ1n) is 12.9. The highest BCUT2D eigenvalue weighted by molar-refractivity contribution is 7.17. The second kappa shape index (κ2) is 12.7. The lowest BCUT2D eigenvalue weighted by Crippen LogP contribution is -2.30. The molecule has 0 aliphatic rings. The predicted molar refractivity (Wildman–Crippen MR) is 159 cm³/mol. The molecule has 0 unspecified atom stereocenters. The van der Waals surface area contributed by atoms with Crippen LogP contribution in [0.4, 0.5) is 4.39 Å². The van der Waals surface area contributed by atoms with E-state index in [9.17, 15) is 14.0 Å². The van der Waals surface area contributed by atoms with Crippen LogP contribution < -0.4 is 24.3 Å². The van der Waals surface area contributed by atoms with E-state index in [0.29, 0.717) is 44.2 Å². The van der Waals surface area contributed by atoms with Crippen LogP contribution in [0.1, 0.15) is 26.4 Å². The SMILES string of the molecule is COc1ccc(COc2ccc(C(=O)CNC(=O)c3ccc(OC)c(OC)c3)nc2-c2csc3c(F)cccc23)cc1. The molecule has 0 spiro atoms. The number of aromatic nitrogens is 1. The fourth-order valence-corrected chi connectivity index (χ4v) is 5.29. The second-order valence-electron chi connectivity index (χ2n) is 9.12. The van der Waals surface area contributed by atoms with Crippen molar-refractivity contribution in [1.82, 2.24) is 10.3 Å². The molecule has 1 amide bonds. The zero-order valence-corrected chi connectivity index (χ0v) is 23.9. The largest absolute Gasteiger partial charge is 0.497 e. The lowest BCUT2D eigenvalue weighted by molar-refractivity contribution is 0.0902. The van der Waals surface area contributed by atoms with Gasteiger partial charge in [0.15, 0.2) is 17.3 Å². The summed E-state index contributed by atoms with van der Waals surface area (Å²) in [5.41, 5.74) is 2.38. The van der Waals surface area contributed by atoms with E-state index in [1.54, 1.807) is 48.9 Å². The summed E-state index contributed by atoms with van der Waals surface area (Å²) < 4.78 is 36.8. The summed E-state index contributed by atoms with van der Waals surface area (Å²) in [7, 11) is 4.58. The molecule has 3 aromatic carbocycles. The Balaban J connectivity index is 1.40. The number of thiophene rings is 1. The number of hydrogen-bond donors (Lipinski definition) is 1. The topological polar surface area (TPSA) is 96.0 Å². The lowest BCUT2D eigenvalue weighted by Gasteiger charge is -2.13. The first-order chi connectivity index (χ1) is 20.4. The van der Waals surface area contributed by atoms with Crippen LogP contribution in [-0.2, 0) is 6.61 Å². The zero-order valence-electron chi connectivity index (χ0n) is 23.1. The van der Waals surface area contributed by atoms with Gasteiger partial charge in [-0.15, -0.1) is 11.3 Å². The van der Waals surface area contributed by atoms with Crippen molar-refractivity contribution in [3.8, 4) is 34.3 Å². The van der Waals surface area contributed by atoms with Gasteiger partial charge in [0.25, 0.3) is 5.91 Å². The number of halogens is 1. The van der Waals surface area contributed by atoms with E-state index in [1.807, 2.05) is 24.3 Å². The van der Waals surface area contributed by atoms with Gasteiger partial charge in [0.1, 0.15) is 35.3 Å². The number of pyridine rings is 1. The molecule has 42 heavy (non-hydrogen) atoms. The molecule has 0 atom stereocenters. The van der Waals surface area contributed by atoms with Crippen LogP contribution >= 0.6 is 11.3 Å². The lowest BCUT2D eigenvalue weighted by atomic mass is 10.1. The number of rotatable bonds is 11. The van der Waals surface area contributed by atoms with Gasteiger partial charge in [0.05, 0.1) is 32.6 Å². The van der Waals surface area contributed by atoms with Crippen molar-refractivity contribution >= 4 is 33.1 Å². The molecule has 2 heterocycles. The molecular formula is C32H27FN2O6S. The van der Waals surface area contributed by atoms with Gasteiger partial charge in [-0.2, -0.15) is 0 Å². The maximum atomic E-state index is 14.5. The molecule has 1 N–H and O–H groups in total.